The van der Waals surface area contributed by atoms with Gasteiger partial charge in [-0.05, 0) is 112 Å². The van der Waals surface area contributed by atoms with Crippen LogP contribution in [0.1, 0.15) is 83.1 Å². The first-order valence-corrected chi connectivity index (χ1v) is 14.7. The van der Waals surface area contributed by atoms with Crippen molar-refractivity contribution in [2.75, 3.05) is 13.2 Å². The van der Waals surface area contributed by atoms with E-state index in [1.165, 1.54) is 11.6 Å². The highest BCUT2D eigenvalue weighted by molar-refractivity contribution is 5.27. The number of aryl methyl sites for hydroxylation is 1. The molecule has 0 atom stereocenters. The lowest BCUT2D eigenvalue weighted by atomic mass is 9.79. The van der Waals surface area contributed by atoms with Crippen molar-refractivity contribution in [3.05, 3.63) is 59.7 Å². The van der Waals surface area contributed by atoms with E-state index in [1.807, 2.05) is 12.1 Å². The Balaban J connectivity index is 1.12. The van der Waals surface area contributed by atoms with Gasteiger partial charge in [0.15, 0.2) is 11.6 Å². The Morgan fingerprint density at radius 2 is 1.44 bits per heavy atom. The zero-order chi connectivity index (χ0) is 27.7. The average molecular weight is 551 g/mol. The van der Waals surface area contributed by atoms with Gasteiger partial charge in [-0.2, -0.15) is 8.78 Å². The largest absolute Gasteiger partial charge is 0.494 e. The lowest BCUT2D eigenvalue weighted by molar-refractivity contribution is -0.302. The summed E-state index contributed by atoms with van der Waals surface area (Å²) in [7, 11) is 0. The number of halogens is 4. The first-order chi connectivity index (χ1) is 18.8. The average Bonchev–Trinajstić information content (AvgIpc) is 2.94. The maximum Gasteiger partial charge on any atom is 0.358 e. The number of ether oxygens (including phenoxy) is 3. The van der Waals surface area contributed by atoms with Crippen molar-refractivity contribution in [3.63, 3.8) is 0 Å². The molecule has 0 aliphatic heterocycles. The lowest BCUT2D eigenvalue weighted by Gasteiger charge is -2.37. The van der Waals surface area contributed by atoms with Gasteiger partial charge in [0.25, 0.3) is 0 Å². The minimum atomic E-state index is -3.10. The van der Waals surface area contributed by atoms with E-state index in [9.17, 15) is 8.78 Å². The number of benzene rings is 2. The Bertz CT molecular complexity index is 997. The molecule has 2 aromatic rings. The lowest BCUT2D eigenvalue weighted by Crippen LogP contribution is -2.39. The molecule has 0 heterocycles. The van der Waals surface area contributed by atoms with Crippen LogP contribution in [0.2, 0.25) is 0 Å². The molecule has 7 heteroatoms. The van der Waals surface area contributed by atoms with E-state index >= 15 is 8.78 Å². The van der Waals surface area contributed by atoms with E-state index in [0.717, 1.165) is 63.0 Å². The quantitative estimate of drug-likeness (QED) is 0.184. The third-order valence-corrected chi connectivity index (χ3v) is 8.35. The van der Waals surface area contributed by atoms with Crippen molar-refractivity contribution in [1.29, 1.82) is 0 Å². The zero-order valence-corrected chi connectivity index (χ0v) is 23.0. The van der Waals surface area contributed by atoms with Crippen LogP contribution in [0.5, 0.6) is 11.5 Å². The topological polar surface area (TPSA) is 27.7 Å². The Hall–Kier alpha value is -2.28. The van der Waals surface area contributed by atoms with Gasteiger partial charge in [0.1, 0.15) is 11.5 Å². The second-order valence-electron chi connectivity index (χ2n) is 11.3. The first-order valence-electron chi connectivity index (χ1n) is 14.7. The van der Waals surface area contributed by atoms with Gasteiger partial charge in [-0.1, -0.05) is 25.5 Å². The van der Waals surface area contributed by atoms with Crippen LogP contribution in [0.15, 0.2) is 42.5 Å². The smallest absolute Gasteiger partial charge is 0.358 e. The van der Waals surface area contributed by atoms with Crippen molar-refractivity contribution in [2.24, 2.45) is 17.8 Å². The van der Waals surface area contributed by atoms with Crippen LogP contribution in [0.3, 0.4) is 0 Å². The van der Waals surface area contributed by atoms with Crippen molar-refractivity contribution in [1.82, 2.24) is 0 Å². The SMILES string of the molecule is CCCCOc1ccc(CCC2CCC(C(F)(F)OC3CCC(COc4ccc(F)c(F)c4)CC3)CC2)cc1. The molecule has 2 aliphatic rings. The van der Waals surface area contributed by atoms with Gasteiger partial charge in [0.05, 0.1) is 25.2 Å². The van der Waals surface area contributed by atoms with Crippen molar-refractivity contribution in [3.8, 4) is 11.5 Å². The minimum absolute atomic E-state index is 0.187. The molecule has 2 aromatic carbocycles. The van der Waals surface area contributed by atoms with Gasteiger partial charge in [-0.3, -0.25) is 0 Å². The number of alkyl halides is 2. The van der Waals surface area contributed by atoms with Crippen molar-refractivity contribution < 1.29 is 31.8 Å². The Labute approximate surface area is 230 Å². The third-order valence-electron chi connectivity index (χ3n) is 8.35. The first kappa shape index (κ1) is 29.7. The summed E-state index contributed by atoms with van der Waals surface area (Å²) in [5, 5.41) is 0. The minimum Gasteiger partial charge on any atom is -0.494 e. The van der Waals surface area contributed by atoms with E-state index in [2.05, 4.69) is 19.1 Å². The number of hydrogen-bond donors (Lipinski definition) is 0. The fourth-order valence-electron chi connectivity index (χ4n) is 5.76. The summed E-state index contributed by atoms with van der Waals surface area (Å²) in [6.07, 6.45) is 5.75. The molecule has 0 bridgehead atoms. The molecule has 4 rings (SSSR count). The van der Waals surface area contributed by atoms with Crippen molar-refractivity contribution in [2.45, 2.75) is 96.2 Å². The van der Waals surface area contributed by atoms with Crippen LogP contribution in [-0.2, 0) is 11.2 Å². The molecule has 0 aromatic heterocycles. The molecule has 0 saturated heterocycles. The summed E-state index contributed by atoms with van der Waals surface area (Å²) in [6, 6.07) is 11.7. The summed E-state index contributed by atoms with van der Waals surface area (Å²) in [5.41, 5.74) is 1.26. The van der Waals surface area contributed by atoms with E-state index in [1.54, 1.807) is 0 Å². The number of rotatable bonds is 13. The van der Waals surface area contributed by atoms with E-state index in [4.69, 9.17) is 14.2 Å². The third kappa shape index (κ3) is 9.12. The van der Waals surface area contributed by atoms with Gasteiger partial charge in [-0.15, -0.1) is 0 Å². The molecular formula is C32H42F4O3. The van der Waals surface area contributed by atoms with Gasteiger partial charge in [0, 0.05) is 6.07 Å². The maximum absolute atomic E-state index is 15.0. The van der Waals surface area contributed by atoms with Gasteiger partial charge in [-0.25, -0.2) is 8.78 Å². The summed E-state index contributed by atoms with van der Waals surface area (Å²) < 4.78 is 73.2. The Morgan fingerprint density at radius 1 is 0.769 bits per heavy atom. The van der Waals surface area contributed by atoms with E-state index < -0.39 is 29.8 Å². The Morgan fingerprint density at radius 3 is 2.10 bits per heavy atom. The van der Waals surface area contributed by atoms with E-state index in [0.29, 0.717) is 51.0 Å². The van der Waals surface area contributed by atoms with Crippen LogP contribution < -0.4 is 9.47 Å². The van der Waals surface area contributed by atoms with Crippen LogP contribution in [-0.4, -0.2) is 25.4 Å². The molecule has 2 aliphatic carbocycles. The van der Waals surface area contributed by atoms with Gasteiger partial charge in [0.2, 0.25) is 0 Å². The number of hydrogen-bond acceptors (Lipinski definition) is 3. The number of unbranched alkanes of at least 4 members (excludes halogenated alkanes) is 1. The molecule has 216 valence electrons. The molecule has 3 nitrogen and oxygen atoms in total. The molecule has 0 unspecified atom stereocenters. The van der Waals surface area contributed by atoms with Gasteiger partial charge < -0.3 is 14.2 Å². The molecule has 0 spiro atoms. The van der Waals surface area contributed by atoms with E-state index in [-0.39, 0.29) is 11.7 Å². The highest BCUT2D eigenvalue weighted by atomic mass is 19.3. The van der Waals surface area contributed by atoms with Crippen molar-refractivity contribution >= 4 is 0 Å². The van der Waals surface area contributed by atoms with Gasteiger partial charge >= 0.3 is 6.11 Å². The fraction of sp³-hybridized carbons (Fsp3) is 0.625. The molecule has 0 N–H and O–H groups in total. The monoisotopic (exact) mass is 550 g/mol. The molecule has 0 amide bonds. The highest BCUT2D eigenvalue weighted by Crippen LogP contribution is 2.42. The molecule has 2 saturated carbocycles. The van der Waals surface area contributed by atoms with Crippen LogP contribution in [0.25, 0.3) is 0 Å². The second-order valence-corrected chi connectivity index (χ2v) is 11.3. The predicted molar refractivity (Wildman–Crippen MR) is 144 cm³/mol. The molecule has 39 heavy (non-hydrogen) atoms. The van der Waals surface area contributed by atoms with Crippen LogP contribution in [0, 0.1) is 29.4 Å². The summed E-state index contributed by atoms with van der Waals surface area (Å²) in [4.78, 5) is 0. The molecule has 2 fully saturated rings. The normalized spacial score (nSPS) is 23.9. The zero-order valence-electron chi connectivity index (χ0n) is 23.0. The molecule has 0 radical (unpaired) electrons. The molecular weight excluding hydrogens is 508 g/mol. The predicted octanol–water partition coefficient (Wildman–Crippen LogP) is 9.13. The van der Waals surface area contributed by atoms with Crippen LogP contribution >= 0.6 is 0 Å². The summed E-state index contributed by atoms with van der Waals surface area (Å²) in [6.45, 7) is 3.24. The second kappa shape index (κ2) is 14.4. The van der Waals surface area contributed by atoms with Crippen LogP contribution in [0.4, 0.5) is 17.6 Å². The fourth-order valence-corrected chi connectivity index (χ4v) is 5.76. The Kier molecular flexibility index (Phi) is 11.0. The highest BCUT2D eigenvalue weighted by Gasteiger charge is 2.44. The maximum atomic E-state index is 15.0. The standard InChI is InChI=1S/C32H42F4O3/c1-2-3-20-37-27-14-8-24(9-15-27)5-4-23-6-12-26(13-7-23)32(35,36)39-28-16-10-25(11-17-28)22-38-29-18-19-30(33)31(34)21-29/h8-9,14-15,18-19,21,23,25-26,28H,2-7,10-13,16-17,20,22H2,1H3. The summed E-state index contributed by atoms with van der Waals surface area (Å²) in [5.74, 6) is -0.738. The summed E-state index contributed by atoms with van der Waals surface area (Å²) >= 11 is 0.